The molecular weight excluding hydrogens is 377 g/mol. The molecule has 0 aliphatic carbocycles. The van der Waals surface area contributed by atoms with Crippen LogP contribution < -0.4 is 4.90 Å². The van der Waals surface area contributed by atoms with Crippen molar-refractivity contribution in [3.63, 3.8) is 0 Å². The Balaban J connectivity index is 1.46. The lowest BCUT2D eigenvalue weighted by atomic mass is 9.81. The van der Waals surface area contributed by atoms with Crippen LogP contribution in [0.25, 0.3) is 0 Å². The van der Waals surface area contributed by atoms with Crippen molar-refractivity contribution in [3.8, 4) is 0 Å². The number of fused-ring (bicyclic) bond motifs is 5. The normalized spacial score (nSPS) is 29.7. The molecule has 0 radical (unpaired) electrons. The zero-order chi connectivity index (χ0) is 18.0. The highest BCUT2D eigenvalue weighted by atomic mass is 35.5. The third-order valence-electron chi connectivity index (χ3n) is 5.49. The molecule has 3 saturated heterocycles. The quantitative estimate of drug-likeness (QED) is 0.754. The fourth-order valence-corrected chi connectivity index (χ4v) is 4.77. The first-order valence-corrected chi connectivity index (χ1v) is 9.30. The zero-order valence-electron chi connectivity index (χ0n) is 13.6. The predicted octanol–water partition coefficient (Wildman–Crippen LogP) is 2.91. The monoisotopic (exact) mass is 391 g/mol. The van der Waals surface area contributed by atoms with E-state index < -0.39 is 11.8 Å². The molecule has 26 heavy (non-hydrogen) atoms. The lowest BCUT2D eigenvalue weighted by Crippen LogP contribution is -2.34. The summed E-state index contributed by atoms with van der Waals surface area (Å²) in [4.78, 5) is 26.9. The van der Waals surface area contributed by atoms with Crippen LogP contribution in [0.5, 0.6) is 0 Å². The molecular formula is C18H15Cl2N3O3. The van der Waals surface area contributed by atoms with E-state index in [1.807, 2.05) is 18.2 Å². The van der Waals surface area contributed by atoms with E-state index in [9.17, 15) is 9.59 Å². The molecule has 3 aliphatic rings. The Hall–Kier alpha value is -1.89. The number of imide groups is 1. The number of benzene rings is 1. The van der Waals surface area contributed by atoms with E-state index in [0.717, 1.165) is 23.3 Å². The molecule has 0 saturated carbocycles. The molecule has 3 aliphatic heterocycles. The van der Waals surface area contributed by atoms with Crippen LogP contribution in [0.2, 0.25) is 10.0 Å². The summed E-state index contributed by atoms with van der Waals surface area (Å²) in [6, 6.07) is 7.43. The maximum absolute atomic E-state index is 12.9. The summed E-state index contributed by atoms with van der Waals surface area (Å²) in [6.07, 6.45) is 2.95. The molecule has 0 unspecified atom stereocenters. The molecule has 1 aromatic heterocycles. The second-order valence-corrected chi connectivity index (χ2v) is 7.76. The average molecular weight is 392 g/mol. The van der Waals surface area contributed by atoms with Gasteiger partial charge in [-0.3, -0.25) is 14.3 Å². The average Bonchev–Trinajstić information content (AvgIpc) is 3.35. The SMILES string of the molecule is O=C1[C@@H]2[C@H](C(=O)N1c1nn(Cc3ccccc3Cl)cc1Cl)[C@@H]1CC[C@@H]2O1. The molecule has 0 spiro atoms. The highest BCUT2D eigenvalue weighted by Crippen LogP contribution is 2.49. The smallest absolute Gasteiger partial charge is 0.241 e. The Morgan fingerprint density at radius 3 is 2.35 bits per heavy atom. The lowest BCUT2D eigenvalue weighted by molar-refractivity contribution is -0.124. The number of ether oxygens (including phenoxy) is 1. The maximum atomic E-state index is 12.9. The van der Waals surface area contributed by atoms with E-state index in [1.54, 1.807) is 16.9 Å². The van der Waals surface area contributed by atoms with E-state index >= 15 is 0 Å². The fraction of sp³-hybridized carbons (Fsp3) is 0.389. The van der Waals surface area contributed by atoms with E-state index in [1.165, 1.54) is 0 Å². The van der Waals surface area contributed by atoms with Gasteiger partial charge in [-0.15, -0.1) is 0 Å². The van der Waals surface area contributed by atoms with Gasteiger partial charge in [-0.05, 0) is 24.5 Å². The molecule has 5 rings (SSSR count). The molecule has 3 fully saturated rings. The number of hydrogen-bond acceptors (Lipinski definition) is 4. The van der Waals surface area contributed by atoms with Crippen molar-refractivity contribution < 1.29 is 14.3 Å². The Labute approximate surface area is 159 Å². The van der Waals surface area contributed by atoms with Gasteiger partial charge in [0.1, 0.15) is 5.02 Å². The third-order valence-corrected chi connectivity index (χ3v) is 6.12. The topological polar surface area (TPSA) is 64.4 Å². The van der Waals surface area contributed by atoms with Crippen LogP contribution in [-0.4, -0.2) is 33.8 Å². The van der Waals surface area contributed by atoms with Crippen LogP contribution in [0.15, 0.2) is 30.5 Å². The Morgan fingerprint density at radius 2 is 1.69 bits per heavy atom. The number of nitrogens with zero attached hydrogens (tertiary/aromatic N) is 3. The molecule has 1 aromatic carbocycles. The summed E-state index contributed by atoms with van der Waals surface area (Å²) in [7, 11) is 0. The first-order valence-electron chi connectivity index (χ1n) is 8.54. The standard InChI is InChI=1S/C18H15Cl2N3O3/c19-10-4-2-1-3-9(10)7-22-8-11(20)16(21-22)23-17(24)14-12-5-6-13(26-12)15(14)18(23)25/h1-4,8,12-15H,5-7H2/t12-,13-,14-,15+/m0/s1. The first kappa shape index (κ1) is 16.3. The summed E-state index contributed by atoms with van der Waals surface area (Å²) >= 11 is 12.5. The molecule has 2 bridgehead atoms. The molecule has 6 nitrogen and oxygen atoms in total. The zero-order valence-corrected chi connectivity index (χ0v) is 15.2. The molecule has 134 valence electrons. The predicted molar refractivity (Wildman–Crippen MR) is 95.2 cm³/mol. The van der Waals surface area contributed by atoms with E-state index in [-0.39, 0.29) is 34.9 Å². The Bertz CT molecular complexity index is 900. The summed E-state index contributed by atoms with van der Waals surface area (Å²) in [5.74, 6) is -1.10. The van der Waals surface area contributed by atoms with Crippen LogP contribution in [-0.2, 0) is 20.9 Å². The van der Waals surface area contributed by atoms with Gasteiger partial charge in [-0.25, -0.2) is 4.90 Å². The molecule has 2 amide bonds. The number of anilines is 1. The lowest BCUT2D eigenvalue weighted by Gasteiger charge is -2.15. The molecule has 4 atom stereocenters. The highest BCUT2D eigenvalue weighted by Gasteiger charge is 2.63. The summed E-state index contributed by atoms with van der Waals surface area (Å²) in [6.45, 7) is 0.400. The Morgan fingerprint density at radius 1 is 1.04 bits per heavy atom. The van der Waals surface area contributed by atoms with Gasteiger partial charge in [0.15, 0.2) is 5.82 Å². The van der Waals surface area contributed by atoms with Gasteiger partial charge in [-0.1, -0.05) is 41.4 Å². The van der Waals surface area contributed by atoms with Gasteiger partial charge in [0.25, 0.3) is 0 Å². The van der Waals surface area contributed by atoms with Crippen LogP contribution in [0, 0.1) is 11.8 Å². The minimum absolute atomic E-state index is 0.157. The number of rotatable bonds is 3. The summed E-state index contributed by atoms with van der Waals surface area (Å²) < 4.78 is 7.35. The van der Waals surface area contributed by atoms with Crippen LogP contribution in [0.1, 0.15) is 18.4 Å². The fourth-order valence-electron chi connectivity index (χ4n) is 4.34. The molecule has 2 aromatic rings. The Kier molecular flexibility index (Phi) is 3.64. The number of hydrogen-bond donors (Lipinski definition) is 0. The van der Waals surface area contributed by atoms with Crippen molar-refractivity contribution in [2.75, 3.05) is 4.90 Å². The van der Waals surface area contributed by atoms with Gasteiger partial charge < -0.3 is 4.74 Å². The maximum Gasteiger partial charge on any atom is 0.241 e. The van der Waals surface area contributed by atoms with Crippen LogP contribution in [0.4, 0.5) is 5.82 Å². The van der Waals surface area contributed by atoms with Crippen LogP contribution >= 0.6 is 23.2 Å². The van der Waals surface area contributed by atoms with Crippen molar-refractivity contribution in [1.82, 2.24) is 9.78 Å². The number of carbonyl (C=O) groups excluding carboxylic acids is 2. The number of carbonyl (C=O) groups is 2. The molecule has 4 heterocycles. The third kappa shape index (κ3) is 2.25. The number of amides is 2. The van der Waals surface area contributed by atoms with Crippen molar-refractivity contribution in [2.45, 2.75) is 31.6 Å². The van der Waals surface area contributed by atoms with E-state index in [2.05, 4.69) is 5.10 Å². The summed E-state index contributed by atoms with van der Waals surface area (Å²) in [5.41, 5.74) is 0.877. The molecule has 8 heteroatoms. The van der Waals surface area contributed by atoms with Gasteiger partial charge >= 0.3 is 0 Å². The van der Waals surface area contributed by atoms with Gasteiger partial charge in [0, 0.05) is 11.2 Å². The molecule has 0 N–H and O–H groups in total. The van der Waals surface area contributed by atoms with Gasteiger partial charge in [-0.2, -0.15) is 5.10 Å². The second-order valence-electron chi connectivity index (χ2n) is 6.94. The number of halogens is 2. The minimum Gasteiger partial charge on any atom is -0.373 e. The van der Waals surface area contributed by atoms with Crippen molar-refractivity contribution in [2.24, 2.45) is 11.8 Å². The summed E-state index contributed by atoms with van der Waals surface area (Å²) in [5, 5.41) is 5.29. The second kappa shape index (κ2) is 5.81. The van der Waals surface area contributed by atoms with Gasteiger partial charge in [0.05, 0.1) is 30.6 Å². The minimum atomic E-state index is -0.397. The number of aromatic nitrogens is 2. The van der Waals surface area contributed by atoms with E-state index in [4.69, 9.17) is 27.9 Å². The van der Waals surface area contributed by atoms with Gasteiger partial charge in [0.2, 0.25) is 11.8 Å². The van der Waals surface area contributed by atoms with E-state index in [0.29, 0.717) is 11.6 Å². The van der Waals surface area contributed by atoms with Crippen molar-refractivity contribution in [3.05, 3.63) is 46.1 Å². The first-order chi connectivity index (χ1) is 12.5. The highest BCUT2D eigenvalue weighted by molar-refractivity contribution is 6.35. The largest absolute Gasteiger partial charge is 0.373 e. The van der Waals surface area contributed by atoms with Crippen molar-refractivity contribution >= 4 is 40.8 Å². The van der Waals surface area contributed by atoms with Crippen molar-refractivity contribution in [1.29, 1.82) is 0 Å². The van der Waals surface area contributed by atoms with Crippen LogP contribution in [0.3, 0.4) is 0 Å².